The lowest BCUT2D eigenvalue weighted by Crippen LogP contribution is -2.45. The number of nitrogens with one attached hydrogen (secondary N) is 1. The summed E-state index contributed by atoms with van der Waals surface area (Å²) in [6, 6.07) is 15.0. The fraction of sp³-hybridized carbons (Fsp3) is 0.333. The molecule has 1 aliphatic rings. The third-order valence-corrected chi connectivity index (χ3v) is 5.44. The zero-order chi connectivity index (χ0) is 20.1. The van der Waals surface area contributed by atoms with Gasteiger partial charge >= 0.3 is 0 Å². The molecule has 4 rings (SSSR count). The molecule has 1 aliphatic heterocycles. The molecule has 0 aliphatic carbocycles. The highest BCUT2D eigenvalue weighted by Gasteiger charge is 2.24. The van der Waals surface area contributed by atoms with Crippen molar-refractivity contribution in [2.24, 2.45) is 0 Å². The van der Waals surface area contributed by atoms with Gasteiger partial charge in [0.05, 0.1) is 5.69 Å². The summed E-state index contributed by atoms with van der Waals surface area (Å²) in [5.74, 6) is 0.963. The number of pyridine rings is 2. The first-order valence-corrected chi connectivity index (χ1v) is 10.2. The van der Waals surface area contributed by atoms with Crippen LogP contribution >= 0.6 is 12.4 Å². The van der Waals surface area contributed by atoms with Crippen LogP contribution in [0, 0.1) is 13.8 Å². The summed E-state index contributed by atoms with van der Waals surface area (Å²) >= 11 is 0. The van der Waals surface area contributed by atoms with Gasteiger partial charge in [0.25, 0.3) is 0 Å². The largest absolute Gasteiger partial charge is 0.487 e. The second kappa shape index (κ2) is 10.5. The van der Waals surface area contributed by atoms with Crippen molar-refractivity contribution in [2.45, 2.75) is 33.0 Å². The first-order chi connectivity index (χ1) is 14.2. The van der Waals surface area contributed by atoms with Crippen molar-refractivity contribution in [2.75, 3.05) is 19.6 Å². The van der Waals surface area contributed by atoms with E-state index < -0.39 is 0 Å². The molecule has 0 spiro atoms. The van der Waals surface area contributed by atoms with Crippen LogP contribution in [0.3, 0.4) is 0 Å². The van der Waals surface area contributed by atoms with Gasteiger partial charge in [0.15, 0.2) is 0 Å². The Balaban J connectivity index is 0.00000256. The minimum atomic E-state index is 0. The van der Waals surface area contributed by atoms with Crippen molar-refractivity contribution in [3.05, 3.63) is 89.0 Å². The molecule has 5 nitrogen and oxygen atoms in total. The molecule has 30 heavy (non-hydrogen) atoms. The van der Waals surface area contributed by atoms with Crippen molar-refractivity contribution in [3.63, 3.8) is 0 Å². The van der Waals surface area contributed by atoms with Crippen molar-refractivity contribution in [1.29, 1.82) is 0 Å². The first-order valence-electron chi connectivity index (χ1n) is 10.2. The number of hydrogen-bond acceptors (Lipinski definition) is 5. The molecule has 0 radical (unpaired) electrons. The van der Waals surface area contributed by atoms with Crippen LogP contribution in [0.25, 0.3) is 0 Å². The highest BCUT2D eigenvalue weighted by Crippen LogP contribution is 2.29. The normalized spacial score (nSPS) is 16.7. The first kappa shape index (κ1) is 22.2. The highest BCUT2D eigenvalue weighted by molar-refractivity contribution is 5.85. The van der Waals surface area contributed by atoms with Gasteiger partial charge in [-0.2, -0.15) is 0 Å². The highest BCUT2D eigenvalue weighted by atomic mass is 35.5. The van der Waals surface area contributed by atoms with E-state index in [2.05, 4.69) is 58.3 Å². The van der Waals surface area contributed by atoms with E-state index in [-0.39, 0.29) is 12.4 Å². The molecule has 1 unspecified atom stereocenters. The number of ether oxygens (including phenoxy) is 1. The molecule has 1 aromatic carbocycles. The molecule has 0 saturated carbocycles. The average Bonchev–Trinajstić information content (AvgIpc) is 2.75. The van der Waals surface area contributed by atoms with Crippen LogP contribution in [-0.4, -0.2) is 34.5 Å². The Morgan fingerprint density at radius 3 is 2.53 bits per heavy atom. The average molecular weight is 425 g/mol. The maximum atomic E-state index is 6.10. The summed E-state index contributed by atoms with van der Waals surface area (Å²) < 4.78 is 6.10. The zero-order valence-electron chi connectivity index (χ0n) is 17.5. The Bertz CT molecular complexity index is 913. The molecule has 1 saturated heterocycles. The SMILES string of the molecule is Cc1cc(CN2CCNCC2c2ccncc2)cc(C)c1OCc1ccccn1.Cl. The summed E-state index contributed by atoms with van der Waals surface area (Å²) in [6.45, 7) is 8.69. The van der Waals surface area contributed by atoms with Crippen LogP contribution in [0.5, 0.6) is 5.75 Å². The maximum absolute atomic E-state index is 6.10. The predicted molar refractivity (Wildman–Crippen MR) is 122 cm³/mol. The second-order valence-corrected chi connectivity index (χ2v) is 7.64. The van der Waals surface area contributed by atoms with Gasteiger partial charge in [0, 0.05) is 50.8 Å². The number of aromatic nitrogens is 2. The van der Waals surface area contributed by atoms with Crippen molar-refractivity contribution in [3.8, 4) is 5.75 Å². The molecule has 0 bridgehead atoms. The maximum Gasteiger partial charge on any atom is 0.130 e. The number of piperazine rings is 1. The van der Waals surface area contributed by atoms with Gasteiger partial charge in [-0.1, -0.05) is 18.2 Å². The molecule has 3 aromatic rings. The van der Waals surface area contributed by atoms with Gasteiger partial charge in [0.2, 0.25) is 0 Å². The number of aryl methyl sites for hydroxylation is 2. The predicted octanol–water partition coefficient (Wildman–Crippen LogP) is 4.24. The van der Waals surface area contributed by atoms with Gasteiger partial charge in [-0.3, -0.25) is 14.9 Å². The molecule has 3 heterocycles. The molecule has 6 heteroatoms. The monoisotopic (exact) mass is 424 g/mol. The number of halogens is 1. The van der Waals surface area contributed by atoms with Crippen LogP contribution in [0.4, 0.5) is 0 Å². The fourth-order valence-corrected chi connectivity index (χ4v) is 4.07. The minimum absolute atomic E-state index is 0. The van der Waals surface area contributed by atoms with Crippen molar-refractivity contribution < 1.29 is 4.74 Å². The topological polar surface area (TPSA) is 50.3 Å². The molecular weight excluding hydrogens is 396 g/mol. The second-order valence-electron chi connectivity index (χ2n) is 7.64. The lowest BCUT2D eigenvalue weighted by molar-refractivity contribution is 0.153. The number of benzene rings is 1. The lowest BCUT2D eigenvalue weighted by Gasteiger charge is -2.36. The Morgan fingerprint density at radius 1 is 1.07 bits per heavy atom. The molecular formula is C24H29ClN4O. The quantitative estimate of drug-likeness (QED) is 0.641. The standard InChI is InChI=1S/C24H28N4O.ClH/c1-18-13-20(14-19(2)24(18)29-17-22-5-3-4-8-27-22)16-28-12-11-26-15-23(28)21-6-9-25-10-7-21;/h3-10,13-14,23,26H,11-12,15-17H2,1-2H3;1H. The van der Waals surface area contributed by atoms with Crippen LogP contribution in [0.1, 0.15) is 34.0 Å². The van der Waals surface area contributed by atoms with E-state index in [0.29, 0.717) is 12.6 Å². The number of rotatable bonds is 6. The molecule has 1 fully saturated rings. The summed E-state index contributed by atoms with van der Waals surface area (Å²) in [5.41, 5.74) is 5.93. The van der Waals surface area contributed by atoms with E-state index in [1.807, 2.05) is 30.6 Å². The minimum Gasteiger partial charge on any atom is -0.487 e. The van der Waals surface area contributed by atoms with E-state index in [1.165, 1.54) is 22.3 Å². The van der Waals surface area contributed by atoms with Crippen LogP contribution in [-0.2, 0) is 13.2 Å². The molecule has 1 N–H and O–H groups in total. The molecule has 158 valence electrons. The summed E-state index contributed by atoms with van der Waals surface area (Å²) in [5, 5.41) is 3.53. The van der Waals surface area contributed by atoms with Gasteiger partial charge in [0.1, 0.15) is 12.4 Å². The molecule has 0 amide bonds. The smallest absolute Gasteiger partial charge is 0.130 e. The summed E-state index contributed by atoms with van der Waals surface area (Å²) in [6.07, 6.45) is 5.56. The fourth-order valence-electron chi connectivity index (χ4n) is 4.07. The molecule has 2 aromatic heterocycles. The van der Waals surface area contributed by atoms with E-state index >= 15 is 0 Å². The van der Waals surface area contributed by atoms with Crippen molar-refractivity contribution >= 4 is 12.4 Å². The van der Waals surface area contributed by atoms with Gasteiger partial charge in [-0.15, -0.1) is 12.4 Å². The number of hydrogen-bond donors (Lipinski definition) is 1. The van der Waals surface area contributed by atoms with E-state index in [0.717, 1.165) is 37.6 Å². The van der Waals surface area contributed by atoms with Gasteiger partial charge in [-0.05, 0) is 60.4 Å². The third-order valence-electron chi connectivity index (χ3n) is 5.44. The third kappa shape index (κ3) is 5.36. The van der Waals surface area contributed by atoms with Crippen LogP contribution < -0.4 is 10.1 Å². The van der Waals surface area contributed by atoms with Gasteiger partial charge in [-0.25, -0.2) is 0 Å². The van der Waals surface area contributed by atoms with Crippen LogP contribution in [0.2, 0.25) is 0 Å². The van der Waals surface area contributed by atoms with Gasteiger partial charge < -0.3 is 10.1 Å². The summed E-state index contributed by atoms with van der Waals surface area (Å²) in [4.78, 5) is 11.1. The Labute approximate surface area is 184 Å². The molecule has 1 atom stereocenters. The zero-order valence-corrected chi connectivity index (χ0v) is 18.4. The Kier molecular flexibility index (Phi) is 7.80. The Morgan fingerprint density at radius 2 is 1.83 bits per heavy atom. The van der Waals surface area contributed by atoms with E-state index in [4.69, 9.17) is 4.74 Å². The Hall–Kier alpha value is -2.47. The van der Waals surface area contributed by atoms with Crippen LogP contribution in [0.15, 0.2) is 61.1 Å². The lowest BCUT2D eigenvalue weighted by atomic mass is 10.0. The number of nitrogens with zero attached hydrogens (tertiary/aromatic N) is 3. The van der Waals surface area contributed by atoms with E-state index in [9.17, 15) is 0 Å². The summed E-state index contributed by atoms with van der Waals surface area (Å²) in [7, 11) is 0. The van der Waals surface area contributed by atoms with E-state index in [1.54, 1.807) is 6.20 Å². The van der Waals surface area contributed by atoms with Crippen molar-refractivity contribution in [1.82, 2.24) is 20.2 Å².